The molecule has 2 rings (SSSR count). The predicted molar refractivity (Wildman–Crippen MR) is 113 cm³/mol. The van der Waals surface area contributed by atoms with Crippen LogP contribution in [0.2, 0.25) is 0 Å². The minimum absolute atomic E-state index is 0.101. The lowest BCUT2D eigenvalue weighted by molar-refractivity contribution is 0.104. The highest BCUT2D eigenvalue weighted by Gasteiger charge is 2.16. The highest BCUT2D eigenvalue weighted by atomic mass is 16.5. The molecule has 0 saturated heterocycles. The molecule has 4 nitrogen and oxygen atoms in total. The molecule has 0 aromatic heterocycles. The highest BCUT2D eigenvalue weighted by molar-refractivity contribution is 6.07. The van der Waals surface area contributed by atoms with Crippen LogP contribution < -0.4 is 14.2 Å². The van der Waals surface area contributed by atoms with Crippen molar-refractivity contribution in [1.82, 2.24) is 0 Å². The van der Waals surface area contributed by atoms with Crippen molar-refractivity contribution in [3.05, 3.63) is 97.6 Å². The van der Waals surface area contributed by atoms with Crippen LogP contribution in [0.1, 0.15) is 15.9 Å². The Balaban J connectivity index is 2.41. The van der Waals surface area contributed by atoms with Crippen LogP contribution in [0.25, 0.3) is 6.08 Å². The van der Waals surface area contributed by atoms with E-state index in [2.05, 4.69) is 19.7 Å². The number of carbonyl (C=O) groups excluding carboxylic acids is 1. The van der Waals surface area contributed by atoms with E-state index >= 15 is 0 Å². The molecular formula is C24H24O4. The molecule has 0 spiro atoms. The summed E-state index contributed by atoms with van der Waals surface area (Å²) < 4.78 is 17.3. The average Bonchev–Trinajstić information content (AvgIpc) is 2.74. The maximum atomic E-state index is 12.4. The normalized spacial score (nSPS) is 10.3. The van der Waals surface area contributed by atoms with Crippen LogP contribution in [0.5, 0.6) is 17.2 Å². The Labute approximate surface area is 166 Å². The number of ether oxygens (including phenoxy) is 3. The molecule has 0 heterocycles. The molecule has 2 aromatic rings. The largest absolute Gasteiger partial charge is 0.486 e. The van der Waals surface area contributed by atoms with Gasteiger partial charge >= 0.3 is 0 Å². The van der Waals surface area contributed by atoms with Crippen molar-refractivity contribution in [2.45, 2.75) is 0 Å². The van der Waals surface area contributed by atoms with Gasteiger partial charge in [-0.05, 0) is 24.3 Å². The number of ketones is 1. The van der Waals surface area contributed by atoms with E-state index < -0.39 is 0 Å². The molecule has 0 aliphatic carbocycles. The SMILES string of the molecule is C=CCOc1ccc(C=CC(=O)c2ccccc2)c(OCC=C)c1OCC=C. The summed E-state index contributed by atoms with van der Waals surface area (Å²) in [6, 6.07) is 12.6. The lowest BCUT2D eigenvalue weighted by Gasteiger charge is -2.17. The minimum atomic E-state index is -0.101. The summed E-state index contributed by atoms with van der Waals surface area (Å²) in [5.41, 5.74) is 1.30. The number of benzene rings is 2. The van der Waals surface area contributed by atoms with Crippen molar-refractivity contribution in [3.63, 3.8) is 0 Å². The summed E-state index contributed by atoms with van der Waals surface area (Å²) in [7, 11) is 0. The molecule has 0 bridgehead atoms. The molecule has 4 heteroatoms. The third-order valence-electron chi connectivity index (χ3n) is 3.63. The second-order valence-electron chi connectivity index (χ2n) is 5.67. The molecular weight excluding hydrogens is 352 g/mol. The van der Waals surface area contributed by atoms with Crippen molar-refractivity contribution in [1.29, 1.82) is 0 Å². The molecule has 0 fully saturated rings. The van der Waals surface area contributed by atoms with Gasteiger partial charge in [0.1, 0.15) is 19.8 Å². The average molecular weight is 376 g/mol. The summed E-state index contributed by atoms with van der Waals surface area (Å²) in [6.45, 7) is 11.9. The Bertz CT molecular complexity index is 850. The maximum absolute atomic E-state index is 12.4. The van der Waals surface area contributed by atoms with E-state index in [0.717, 1.165) is 0 Å². The Morgan fingerprint density at radius 2 is 1.39 bits per heavy atom. The van der Waals surface area contributed by atoms with E-state index in [1.165, 1.54) is 6.08 Å². The van der Waals surface area contributed by atoms with Gasteiger partial charge in [0, 0.05) is 11.1 Å². The Kier molecular flexibility index (Phi) is 8.34. The van der Waals surface area contributed by atoms with Crippen LogP contribution in [0.3, 0.4) is 0 Å². The highest BCUT2D eigenvalue weighted by Crippen LogP contribution is 2.41. The fourth-order valence-electron chi connectivity index (χ4n) is 2.39. The van der Waals surface area contributed by atoms with Crippen LogP contribution >= 0.6 is 0 Å². The number of hydrogen-bond acceptors (Lipinski definition) is 4. The van der Waals surface area contributed by atoms with Gasteiger partial charge in [-0.1, -0.05) is 68.3 Å². The summed E-state index contributed by atoms with van der Waals surface area (Å²) in [6.07, 6.45) is 8.12. The van der Waals surface area contributed by atoms with Gasteiger partial charge in [0.2, 0.25) is 5.75 Å². The molecule has 0 aliphatic heterocycles. The van der Waals surface area contributed by atoms with Gasteiger partial charge in [0.25, 0.3) is 0 Å². The van der Waals surface area contributed by atoms with Gasteiger partial charge < -0.3 is 14.2 Å². The van der Waals surface area contributed by atoms with E-state index in [1.54, 1.807) is 42.5 Å². The molecule has 0 radical (unpaired) electrons. The van der Waals surface area contributed by atoms with Gasteiger partial charge in [-0.2, -0.15) is 0 Å². The first-order valence-corrected chi connectivity index (χ1v) is 8.86. The van der Waals surface area contributed by atoms with Gasteiger partial charge in [-0.3, -0.25) is 4.79 Å². The van der Waals surface area contributed by atoms with Crippen molar-refractivity contribution >= 4 is 11.9 Å². The fraction of sp³-hybridized carbons (Fsp3) is 0.125. The molecule has 2 aromatic carbocycles. The third-order valence-corrected chi connectivity index (χ3v) is 3.63. The summed E-state index contributed by atoms with van der Waals surface area (Å²) >= 11 is 0. The first-order chi connectivity index (χ1) is 13.7. The molecule has 144 valence electrons. The quantitative estimate of drug-likeness (QED) is 0.287. The number of allylic oxidation sites excluding steroid dienone is 1. The summed E-state index contributed by atoms with van der Waals surface area (Å²) in [5.74, 6) is 1.33. The van der Waals surface area contributed by atoms with E-state index in [0.29, 0.717) is 35.0 Å². The first kappa shape index (κ1) is 20.8. The smallest absolute Gasteiger partial charge is 0.204 e. The van der Waals surface area contributed by atoms with Crippen molar-refractivity contribution < 1.29 is 19.0 Å². The minimum Gasteiger partial charge on any atom is -0.486 e. The third kappa shape index (κ3) is 5.74. The monoisotopic (exact) mass is 376 g/mol. The number of carbonyl (C=O) groups is 1. The number of rotatable bonds is 12. The van der Waals surface area contributed by atoms with Gasteiger partial charge in [-0.15, -0.1) is 0 Å². The van der Waals surface area contributed by atoms with Crippen LogP contribution in [-0.2, 0) is 0 Å². The topological polar surface area (TPSA) is 44.8 Å². The molecule has 0 aliphatic rings. The second-order valence-corrected chi connectivity index (χ2v) is 5.67. The standard InChI is InChI=1S/C24H24O4/c1-4-16-26-22-15-13-20(12-14-21(25)19-10-8-7-9-11-19)23(27-17-5-2)24(22)28-18-6-3/h4-15H,1-3,16-18H2. The first-order valence-electron chi connectivity index (χ1n) is 8.86. The van der Waals surface area contributed by atoms with Crippen molar-refractivity contribution in [2.24, 2.45) is 0 Å². The molecule has 0 atom stereocenters. The van der Waals surface area contributed by atoms with Crippen molar-refractivity contribution in [3.8, 4) is 17.2 Å². The summed E-state index contributed by atoms with van der Waals surface area (Å²) in [4.78, 5) is 12.4. The summed E-state index contributed by atoms with van der Waals surface area (Å²) in [5, 5.41) is 0. The lowest BCUT2D eigenvalue weighted by atomic mass is 10.1. The van der Waals surface area contributed by atoms with Gasteiger partial charge in [-0.25, -0.2) is 0 Å². The molecule has 0 N–H and O–H groups in total. The maximum Gasteiger partial charge on any atom is 0.204 e. The van der Waals surface area contributed by atoms with E-state index in [4.69, 9.17) is 14.2 Å². The number of hydrogen-bond donors (Lipinski definition) is 0. The fourth-order valence-corrected chi connectivity index (χ4v) is 2.39. The zero-order valence-corrected chi connectivity index (χ0v) is 15.8. The Morgan fingerprint density at radius 3 is 2.04 bits per heavy atom. The lowest BCUT2D eigenvalue weighted by Crippen LogP contribution is -2.04. The van der Waals surface area contributed by atoms with E-state index in [1.807, 2.05) is 24.3 Å². The van der Waals surface area contributed by atoms with Crippen molar-refractivity contribution in [2.75, 3.05) is 19.8 Å². The van der Waals surface area contributed by atoms with E-state index in [-0.39, 0.29) is 19.0 Å². The van der Waals surface area contributed by atoms with E-state index in [9.17, 15) is 4.79 Å². The molecule has 0 amide bonds. The van der Waals surface area contributed by atoms with Crippen LogP contribution in [0.4, 0.5) is 0 Å². The molecule has 0 unspecified atom stereocenters. The molecule has 28 heavy (non-hydrogen) atoms. The second kappa shape index (κ2) is 11.2. The zero-order valence-electron chi connectivity index (χ0n) is 15.8. The Hall–Kier alpha value is -3.53. The molecule has 0 saturated carbocycles. The zero-order chi connectivity index (χ0) is 20.2. The van der Waals surface area contributed by atoms with Crippen LogP contribution in [0.15, 0.2) is 86.5 Å². The van der Waals surface area contributed by atoms with Crippen LogP contribution in [0, 0.1) is 0 Å². The Morgan fingerprint density at radius 1 is 0.786 bits per heavy atom. The van der Waals surface area contributed by atoms with Crippen LogP contribution in [-0.4, -0.2) is 25.6 Å². The van der Waals surface area contributed by atoms with Gasteiger partial charge in [0.15, 0.2) is 17.3 Å². The van der Waals surface area contributed by atoms with Gasteiger partial charge in [0.05, 0.1) is 0 Å². The predicted octanol–water partition coefficient (Wildman–Crippen LogP) is 5.28.